The van der Waals surface area contributed by atoms with Crippen LogP contribution >= 0.6 is 0 Å². The lowest BCUT2D eigenvalue weighted by atomic mass is 9.96. The van der Waals surface area contributed by atoms with Crippen molar-refractivity contribution in [2.75, 3.05) is 0 Å². The molecule has 62 heavy (non-hydrogen) atoms. The molecule has 12 aromatic rings. The van der Waals surface area contributed by atoms with E-state index in [1.807, 2.05) is 30.5 Å². The summed E-state index contributed by atoms with van der Waals surface area (Å²) in [7, 11) is 0. The molecule has 0 saturated heterocycles. The summed E-state index contributed by atoms with van der Waals surface area (Å²) in [4.78, 5) is 20.4. The lowest BCUT2D eigenvalue weighted by Gasteiger charge is -2.16. The van der Waals surface area contributed by atoms with Gasteiger partial charge in [0.2, 0.25) is 0 Å². The molecule has 0 amide bonds. The molecule has 4 heterocycles. The first-order chi connectivity index (χ1) is 30.7. The summed E-state index contributed by atoms with van der Waals surface area (Å²) in [6.07, 6.45) is 7.30. The Bertz CT molecular complexity index is 3900. The zero-order valence-corrected chi connectivity index (χ0v) is 33.5. The molecule has 0 saturated carbocycles. The van der Waals surface area contributed by atoms with Gasteiger partial charge in [-0.3, -0.25) is 4.57 Å². The first kappa shape index (κ1) is 34.6. The van der Waals surface area contributed by atoms with Crippen LogP contribution in [0, 0.1) is 0 Å². The van der Waals surface area contributed by atoms with Crippen LogP contribution in [0.25, 0.3) is 112 Å². The van der Waals surface area contributed by atoms with Crippen molar-refractivity contribution in [3.8, 4) is 34.3 Å². The van der Waals surface area contributed by atoms with E-state index in [0.29, 0.717) is 11.6 Å². The van der Waals surface area contributed by atoms with E-state index >= 15 is 0 Å². The van der Waals surface area contributed by atoms with Crippen molar-refractivity contribution < 1.29 is 0 Å². The summed E-state index contributed by atoms with van der Waals surface area (Å²) < 4.78 is 4.73. The lowest BCUT2D eigenvalue weighted by Crippen LogP contribution is -2.28. The van der Waals surface area contributed by atoms with Crippen molar-refractivity contribution in [3.63, 3.8) is 0 Å². The molecule has 0 radical (unpaired) electrons. The van der Waals surface area contributed by atoms with Crippen molar-refractivity contribution in [1.82, 2.24) is 29.1 Å². The van der Waals surface area contributed by atoms with Crippen molar-refractivity contribution in [1.29, 1.82) is 0 Å². The van der Waals surface area contributed by atoms with Crippen LogP contribution in [0.1, 0.15) is 18.2 Å². The fourth-order valence-electron chi connectivity index (χ4n) is 9.83. The highest BCUT2D eigenvalue weighted by atomic mass is 15.1. The van der Waals surface area contributed by atoms with Crippen molar-refractivity contribution in [3.05, 3.63) is 204 Å². The Kier molecular flexibility index (Phi) is 7.63. The number of hydrogen-bond acceptors (Lipinski definition) is 4. The number of pyridine rings is 1. The van der Waals surface area contributed by atoms with Crippen molar-refractivity contribution in [2.45, 2.75) is 12.3 Å². The Morgan fingerprint density at radius 3 is 2.13 bits per heavy atom. The van der Waals surface area contributed by atoms with Crippen LogP contribution in [0.2, 0.25) is 0 Å². The van der Waals surface area contributed by atoms with Crippen molar-refractivity contribution in [2.24, 2.45) is 0 Å². The second kappa shape index (κ2) is 13.7. The van der Waals surface area contributed by atoms with Crippen LogP contribution in [0.3, 0.4) is 0 Å². The Morgan fingerprint density at radius 1 is 0.452 bits per heavy atom. The van der Waals surface area contributed by atoms with Gasteiger partial charge in [0.05, 0.1) is 22.1 Å². The first-order valence-electron chi connectivity index (χ1n) is 21.2. The summed E-state index contributed by atoms with van der Waals surface area (Å²) in [5.74, 6) is 3.06. The van der Waals surface area contributed by atoms with Gasteiger partial charge >= 0.3 is 0 Å². The van der Waals surface area contributed by atoms with E-state index in [-0.39, 0.29) is 5.92 Å². The molecule has 1 aliphatic rings. The molecule has 6 heteroatoms. The van der Waals surface area contributed by atoms with E-state index in [0.717, 1.165) is 67.7 Å². The third-order valence-corrected chi connectivity index (χ3v) is 12.7. The second-order valence-corrected chi connectivity index (χ2v) is 16.2. The van der Waals surface area contributed by atoms with Crippen LogP contribution < -0.4 is 10.4 Å². The third-order valence-electron chi connectivity index (χ3n) is 12.7. The molecule has 0 bridgehead atoms. The topological polar surface area (TPSA) is 61.4 Å². The van der Waals surface area contributed by atoms with E-state index in [1.54, 1.807) is 0 Å². The standard InChI is InChI=1S/C56H36N6/c1-2-15-37(16-3-1)54-58-55(40-25-24-35-13-4-5-17-38(35)31-40)60-56(59-54)45-21-12-18-39-32-41(27-28-42(39)45)61-48-22-9-8-20-44(48)46-33-47-51(34-50(46)61)62(52-23-10-11-30-57-52)49-29-26-36-14-6-7-19-43(36)53(47)49/h1-24,26-34,40H,25H2. The maximum atomic E-state index is 5.24. The second-order valence-electron chi connectivity index (χ2n) is 16.2. The molecular formula is C56H36N6. The predicted molar refractivity (Wildman–Crippen MR) is 254 cm³/mol. The van der Waals surface area contributed by atoms with Gasteiger partial charge in [0.15, 0.2) is 11.6 Å². The van der Waals surface area contributed by atoms with Gasteiger partial charge in [-0.25, -0.2) is 19.9 Å². The smallest absolute Gasteiger partial charge is 0.164 e. The number of rotatable bonds is 5. The maximum Gasteiger partial charge on any atom is 0.164 e. The monoisotopic (exact) mass is 792 g/mol. The minimum Gasteiger partial charge on any atom is -0.309 e. The Hall–Kier alpha value is -8.22. The highest BCUT2D eigenvalue weighted by Gasteiger charge is 2.22. The molecular weight excluding hydrogens is 757 g/mol. The minimum absolute atomic E-state index is 0.0348. The average Bonchev–Trinajstić information content (AvgIpc) is 3.85. The zero-order chi connectivity index (χ0) is 40.7. The van der Waals surface area contributed by atoms with Gasteiger partial charge in [0.25, 0.3) is 0 Å². The highest BCUT2D eigenvalue weighted by Crippen LogP contribution is 2.42. The van der Waals surface area contributed by atoms with Crippen LogP contribution in [0.4, 0.5) is 0 Å². The quantitative estimate of drug-likeness (QED) is 0.174. The molecule has 6 nitrogen and oxygen atoms in total. The molecule has 0 aliphatic heterocycles. The number of para-hydroxylation sites is 1. The highest BCUT2D eigenvalue weighted by molar-refractivity contribution is 6.25. The Morgan fingerprint density at radius 2 is 1.23 bits per heavy atom. The average molecular weight is 793 g/mol. The van der Waals surface area contributed by atoms with Gasteiger partial charge in [-0.05, 0) is 86.9 Å². The lowest BCUT2D eigenvalue weighted by molar-refractivity contribution is 0.809. The SMILES string of the molecule is C1=c2ccccc2=CC(c2nc(-c3ccccc3)nc(-c3cccc4cc(-n5c6ccccc6c6cc7c8c9ccccc9ccc8n(-c8ccccn8)c7cc65)ccc34)n2)C1. The normalized spacial score (nSPS) is 13.8. The summed E-state index contributed by atoms with van der Waals surface area (Å²) in [6.45, 7) is 0. The number of fused-ring (bicyclic) bond motifs is 10. The number of hydrogen-bond donors (Lipinski definition) is 0. The molecule has 0 N–H and O–H groups in total. The van der Waals surface area contributed by atoms with Crippen LogP contribution in [0.5, 0.6) is 0 Å². The van der Waals surface area contributed by atoms with E-state index in [9.17, 15) is 0 Å². The molecule has 0 spiro atoms. The Labute approximate surface area is 356 Å². The number of nitrogens with zero attached hydrogens (tertiary/aromatic N) is 6. The van der Waals surface area contributed by atoms with E-state index in [1.165, 1.54) is 42.8 Å². The largest absolute Gasteiger partial charge is 0.309 e. The molecule has 0 fully saturated rings. The first-order valence-corrected chi connectivity index (χ1v) is 21.2. The molecule has 8 aromatic carbocycles. The van der Waals surface area contributed by atoms with Crippen LogP contribution in [-0.4, -0.2) is 29.1 Å². The predicted octanol–water partition coefficient (Wildman–Crippen LogP) is 11.8. The molecule has 1 atom stereocenters. The van der Waals surface area contributed by atoms with Gasteiger partial charge < -0.3 is 4.57 Å². The fraction of sp³-hybridized carbons (Fsp3) is 0.0357. The number of aromatic nitrogens is 6. The minimum atomic E-state index is 0.0348. The molecule has 1 aliphatic carbocycles. The zero-order valence-electron chi connectivity index (χ0n) is 33.5. The number of benzene rings is 8. The molecule has 13 rings (SSSR count). The molecule has 4 aromatic heterocycles. The van der Waals surface area contributed by atoms with Gasteiger partial charge in [0.1, 0.15) is 11.6 Å². The van der Waals surface area contributed by atoms with E-state index in [4.69, 9.17) is 19.9 Å². The van der Waals surface area contributed by atoms with E-state index in [2.05, 4.69) is 179 Å². The summed E-state index contributed by atoms with van der Waals surface area (Å²) in [5.41, 5.74) is 7.57. The van der Waals surface area contributed by atoms with E-state index < -0.39 is 0 Å². The van der Waals surface area contributed by atoms with Gasteiger partial charge in [-0.2, -0.15) is 0 Å². The van der Waals surface area contributed by atoms with Crippen molar-refractivity contribution >= 4 is 77.3 Å². The fourth-order valence-corrected chi connectivity index (χ4v) is 9.83. The summed E-state index contributed by atoms with van der Waals surface area (Å²) in [6, 6.07) is 64.8. The molecule has 290 valence electrons. The van der Waals surface area contributed by atoms with Gasteiger partial charge in [-0.1, -0.05) is 146 Å². The van der Waals surface area contributed by atoms with Gasteiger partial charge in [-0.15, -0.1) is 0 Å². The Balaban J connectivity index is 1.02. The summed E-state index contributed by atoms with van der Waals surface area (Å²) in [5, 5.41) is 12.0. The van der Waals surface area contributed by atoms with Crippen LogP contribution in [-0.2, 0) is 0 Å². The maximum absolute atomic E-state index is 5.24. The third kappa shape index (κ3) is 5.36. The van der Waals surface area contributed by atoms with Crippen LogP contribution in [0.15, 0.2) is 188 Å². The summed E-state index contributed by atoms with van der Waals surface area (Å²) >= 11 is 0. The van der Waals surface area contributed by atoms with Gasteiger partial charge in [0, 0.05) is 50.5 Å². The molecule has 1 unspecified atom stereocenters.